The minimum Gasteiger partial charge on any atom is -0.507 e. The van der Waals surface area contributed by atoms with E-state index < -0.39 is 5.97 Å². The van der Waals surface area contributed by atoms with Gasteiger partial charge in [-0.2, -0.15) is 0 Å². The number of benzene rings is 2. The first-order valence-corrected chi connectivity index (χ1v) is 6.85. The van der Waals surface area contributed by atoms with E-state index in [0.29, 0.717) is 6.42 Å². The van der Waals surface area contributed by atoms with Gasteiger partial charge >= 0.3 is 5.97 Å². The lowest BCUT2D eigenvalue weighted by molar-refractivity contribution is 0.0693. The summed E-state index contributed by atoms with van der Waals surface area (Å²) in [5.41, 5.74) is 1.69. The third-order valence-corrected chi connectivity index (χ3v) is 4.02. The predicted molar refractivity (Wildman–Crippen MR) is 77.5 cm³/mol. The van der Waals surface area contributed by atoms with Gasteiger partial charge in [-0.3, -0.25) is 0 Å². The maximum absolute atomic E-state index is 11.0. The number of nitrogens with zero attached hydrogens (tertiary/aromatic N) is 1. The number of hydrogen-bond acceptors (Lipinski definition) is 4. The SMILES string of the molecule is O=C(O)c1cc(Cc2nc3ccccc3s2)ccc1O. The van der Waals surface area contributed by atoms with Crippen molar-refractivity contribution in [2.24, 2.45) is 0 Å². The highest BCUT2D eigenvalue weighted by Crippen LogP contribution is 2.25. The average Bonchev–Trinajstić information content (AvgIpc) is 2.82. The van der Waals surface area contributed by atoms with Gasteiger partial charge < -0.3 is 10.2 Å². The number of phenols is 1. The van der Waals surface area contributed by atoms with Crippen LogP contribution in [0.3, 0.4) is 0 Å². The van der Waals surface area contributed by atoms with Crippen LogP contribution in [0, 0.1) is 0 Å². The summed E-state index contributed by atoms with van der Waals surface area (Å²) in [5.74, 6) is -1.35. The Hall–Kier alpha value is -2.40. The van der Waals surface area contributed by atoms with Crippen molar-refractivity contribution in [3.8, 4) is 5.75 Å². The zero-order valence-electron chi connectivity index (χ0n) is 10.4. The summed E-state index contributed by atoms with van der Waals surface area (Å²) in [6.45, 7) is 0. The lowest BCUT2D eigenvalue weighted by Gasteiger charge is -2.02. The van der Waals surface area contributed by atoms with Crippen LogP contribution in [0.1, 0.15) is 20.9 Å². The molecule has 0 fully saturated rings. The molecule has 100 valence electrons. The van der Waals surface area contributed by atoms with Crippen LogP contribution in [0.25, 0.3) is 10.2 Å². The van der Waals surface area contributed by atoms with Crippen LogP contribution >= 0.6 is 11.3 Å². The van der Waals surface area contributed by atoms with E-state index in [-0.39, 0.29) is 11.3 Å². The second kappa shape index (κ2) is 4.94. The van der Waals surface area contributed by atoms with Gasteiger partial charge in [0.2, 0.25) is 0 Å². The molecule has 0 saturated carbocycles. The Kier molecular flexibility index (Phi) is 3.12. The van der Waals surface area contributed by atoms with Crippen molar-refractivity contribution in [3.05, 3.63) is 58.6 Å². The molecule has 0 bridgehead atoms. The minimum absolute atomic E-state index is 0.0800. The van der Waals surface area contributed by atoms with Crippen LogP contribution in [0.5, 0.6) is 5.75 Å². The summed E-state index contributed by atoms with van der Waals surface area (Å²) in [6.07, 6.45) is 0.555. The largest absolute Gasteiger partial charge is 0.507 e. The number of thiazole rings is 1. The van der Waals surface area contributed by atoms with Crippen molar-refractivity contribution in [2.75, 3.05) is 0 Å². The number of carboxylic acids is 1. The van der Waals surface area contributed by atoms with Crippen LogP contribution < -0.4 is 0 Å². The quantitative estimate of drug-likeness (QED) is 0.774. The van der Waals surface area contributed by atoms with Gasteiger partial charge in [-0.05, 0) is 29.8 Å². The molecule has 4 nitrogen and oxygen atoms in total. The zero-order chi connectivity index (χ0) is 14.1. The molecular formula is C15H11NO3S. The van der Waals surface area contributed by atoms with Crippen molar-refractivity contribution < 1.29 is 15.0 Å². The lowest BCUT2D eigenvalue weighted by atomic mass is 10.1. The lowest BCUT2D eigenvalue weighted by Crippen LogP contribution is -1.98. The molecule has 0 aliphatic carbocycles. The highest BCUT2D eigenvalue weighted by molar-refractivity contribution is 7.18. The Bertz CT molecular complexity index is 762. The smallest absolute Gasteiger partial charge is 0.339 e. The van der Waals surface area contributed by atoms with Crippen LogP contribution in [0.4, 0.5) is 0 Å². The summed E-state index contributed by atoms with van der Waals surface area (Å²) in [7, 11) is 0. The average molecular weight is 285 g/mol. The molecule has 1 aromatic heterocycles. The molecule has 0 amide bonds. The number of fused-ring (bicyclic) bond motifs is 1. The van der Waals surface area contributed by atoms with E-state index >= 15 is 0 Å². The van der Waals surface area contributed by atoms with Gasteiger partial charge in [0.15, 0.2) is 0 Å². The Morgan fingerprint density at radius 1 is 1.20 bits per heavy atom. The fourth-order valence-corrected chi connectivity index (χ4v) is 3.04. The number of carbonyl (C=O) groups is 1. The van der Waals surface area contributed by atoms with Gasteiger partial charge in [-0.25, -0.2) is 9.78 Å². The van der Waals surface area contributed by atoms with Crippen molar-refractivity contribution in [2.45, 2.75) is 6.42 Å². The summed E-state index contributed by atoms with van der Waals surface area (Å²) in [6, 6.07) is 12.5. The highest BCUT2D eigenvalue weighted by Gasteiger charge is 2.11. The Balaban J connectivity index is 1.94. The van der Waals surface area contributed by atoms with Gasteiger partial charge in [0, 0.05) is 6.42 Å². The first-order chi connectivity index (χ1) is 9.63. The molecule has 3 aromatic rings. The molecule has 0 radical (unpaired) electrons. The van der Waals surface area contributed by atoms with Crippen LogP contribution in [0.15, 0.2) is 42.5 Å². The van der Waals surface area contributed by atoms with Crippen LogP contribution in [0.2, 0.25) is 0 Å². The predicted octanol–water partition coefficient (Wildman–Crippen LogP) is 3.29. The number of aromatic hydroxyl groups is 1. The molecule has 5 heteroatoms. The first-order valence-electron chi connectivity index (χ1n) is 6.03. The second-order valence-electron chi connectivity index (χ2n) is 4.41. The molecule has 2 aromatic carbocycles. The molecular weight excluding hydrogens is 274 g/mol. The van der Waals surface area contributed by atoms with Crippen molar-refractivity contribution >= 4 is 27.5 Å². The first kappa shape index (κ1) is 12.6. The summed E-state index contributed by atoms with van der Waals surface area (Å²) in [4.78, 5) is 15.5. The molecule has 2 N–H and O–H groups in total. The third-order valence-electron chi connectivity index (χ3n) is 2.98. The Morgan fingerprint density at radius 2 is 2.00 bits per heavy atom. The molecule has 0 aliphatic heterocycles. The Labute approximate surface area is 119 Å². The van der Waals surface area contributed by atoms with Crippen molar-refractivity contribution in [3.63, 3.8) is 0 Å². The van der Waals surface area contributed by atoms with Crippen molar-refractivity contribution in [1.82, 2.24) is 4.98 Å². The third kappa shape index (κ3) is 2.35. The number of para-hydroxylation sites is 1. The van der Waals surface area contributed by atoms with Gasteiger partial charge in [0.05, 0.1) is 15.2 Å². The maximum atomic E-state index is 11.0. The van der Waals surface area contributed by atoms with E-state index in [4.69, 9.17) is 5.11 Å². The monoisotopic (exact) mass is 285 g/mol. The zero-order valence-corrected chi connectivity index (χ0v) is 11.2. The number of rotatable bonds is 3. The molecule has 20 heavy (non-hydrogen) atoms. The fraction of sp³-hybridized carbons (Fsp3) is 0.0667. The molecule has 0 aliphatic rings. The van der Waals surface area contributed by atoms with Gasteiger partial charge in [-0.15, -0.1) is 11.3 Å². The second-order valence-corrected chi connectivity index (χ2v) is 5.52. The fourth-order valence-electron chi connectivity index (χ4n) is 2.03. The number of hydrogen-bond donors (Lipinski definition) is 2. The molecule has 0 unspecified atom stereocenters. The highest BCUT2D eigenvalue weighted by atomic mass is 32.1. The minimum atomic E-state index is -1.13. The maximum Gasteiger partial charge on any atom is 0.339 e. The topological polar surface area (TPSA) is 70.4 Å². The number of aromatic nitrogens is 1. The summed E-state index contributed by atoms with van der Waals surface area (Å²) in [5, 5.41) is 19.4. The van der Waals surface area contributed by atoms with Crippen LogP contribution in [-0.2, 0) is 6.42 Å². The standard InChI is InChI=1S/C15H11NO3S/c17-12-6-5-9(7-10(12)15(18)19)8-14-16-11-3-1-2-4-13(11)20-14/h1-7,17H,8H2,(H,18,19). The molecule has 0 atom stereocenters. The molecule has 1 heterocycles. The van der Waals surface area contributed by atoms with E-state index in [9.17, 15) is 9.90 Å². The molecule has 0 spiro atoms. The van der Waals surface area contributed by atoms with Crippen LogP contribution in [-0.4, -0.2) is 21.2 Å². The van der Waals surface area contributed by atoms with Gasteiger partial charge in [-0.1, -0.05) is 18.2 Å². The summed E-state index contributed by atoms with van der Waals surface area (Å²) < 4.78 is 1.11. The normalized spacial score (nSPS) is 10.8. The molecule has 3 rings (SSSR count). The van der Waals surface area contributed by atoms with E-state index in [0.717, 1.165) is 20.8 Å². The summed E-state index contributed by atoms with van der Waals surface area (Å²) >= 11 is 1.59. The van der Waals surface area contributed by atoms with E-state index in [1.807, 2.05) is 24.3 Å². The van der Waals surface area contributed by atoms with E-state index in [1.165, 1.54) is 12.1 Å². The number of carboxylic acid groups (broad SMARTS) is 1. The van der Waals surface area contributed by atoms with E-state index in [1.54, 1.807) is 17.4 Å². The van der Waals surface area contributed by atoms with Gasteiger partial charge in [0.1, 0.15) is 11.3 Å². The van der Waals surface area contributed by atoms with Crippen molar-refractivity contribution in [1.29, 1.82) is 0 Å². The van der Waals surface area contributed by atoms with E-state index in [2.05, 4.69) is 4.98 Å². The number of aromatic carboxylic acids is 1. The Morgan fingerprint density at radius 3 is 2.75 bits per heavy atom. The molecule has 0 saturated heterocycles. The van der Waals surface area contributed by atoms with Gasteiger partial charge in [0.25, 0.3) is 0 Å².